The minimum atomic E-state index is -0.395. The number of aromatic nitrogens is 1. The van der Waals surface area contributed by atoms with Crippen molar-refractivity contribution in [2.24, 2.45) is 0 Å². The molecule has 1 aromatic carbocycles. The standard InChI is InChI=1S/C14H14FN3O/c1-10-4-2-7-13(17-10)9-16-14(19)18-12-6-3-5-11(15)8-12/h2-8H,9H2,1H3,(H2,16,18,19). The van der Waals surface area contributed by atoms with Gasteiger partial charge >= 0.3 is 6.03 Å². The summed E-state index contributed by atoms with van der Waals surface area (Å²) in [5.74, 6) is -0.391. The van der Waals surface area contributed by atoms with Crippen LogP contribution in [-0.4, -0.2) is 11.0 Å². The van der Waals surface area contributed by atoms with E-state index in [-0.39, 0.29) is 0 Å². The van der Waals surface area contributed by atoms with Crippen LogP contribution in [0, 0.1) is 12.7 Å². The Balaban J connectivity index is 1.88. The number of nitrogens with zero attached hydrogens (tertiary/aromatic N) is 1. The highest BCUT2D eigenvalue weighted by molar-refractivity contribution is 5.89. The van der Waals surface area contributed by atoms with Crippen molar-refractivity contribution in [1.29, 1.82) is 0 Å². The molecule has 5 heteroatoms. The van der Waals surface area contributed by atoms with E-state index in [4.69, 9.17) is 0 Å². The van der Waals surface area contributed by atoms with Crippen LogP contribution in [0.25, 0.3) is 0 Å². The predicted molar refractivity (Wildman–Crippen MR) is 71.2 cm³/mol. The highest BCUT2D eigenvalue weighted by Crippen LogP contribution is 2.08. The predicted octanol–water partition coefficient (Wildman–Crippen LogP) is 2.85. The van der Waals surface area contributed by atoms with Crippen molar-refractivity contribution in [3.63, 3.8) is 0 Å². The monoisotopic (exact) mass is 259 g/mol. The number of benzene rings is 1. The van der Waals surface area contributed by atoms with Gasteiger partial charge in [-0.2, -0.15) is 0 Å². The number of aryl methyl sites for hydroxylation is 1. The third kappa shape index (κ3) is 4.06. The summed E-state index contributed by atoms with van der Waals surface area (Å²) in [6.07, 6.45) is 0. The summed E-state index contributed by atoms with van der Waals surface area (Å²) in [5.41, 5.74) is 2.08. The van der Waals surface area contributed by atoms with E-state index in [0.717, 1.165) is 11.4 Å². The second-order valence-corrected chi connectivity index (χ2v) is 4.09. The molecule has 2 rings (SSSR count). The van der Waals surface area contributed by atoms with Crippen molar-refractivity contribution in [1.82, 2.24) is 10.3 Å². The van der Waals surface area contributed by atoms with Crippen LogP contribution in [0.1, 0.15) is 11.4 Å². The molecule has 0 radical (unpaired) electrons. The lowest BCUT2D eigenvalue weighted by Crippen LogP contribution is -2.28. The quantitative estimate of drug-likeness (QED) is 0.890. The van der Waals surface area contributed by atoms with E-state index in [0.29, 0.717) is 12.2 Å². The Morgan fingerprint density at radius 2 is 2.05 bits per heavy atom. The summed E-state index contributed by atoms with van der Waals surface area (Å²) < 4.78 is 12.9. The van der Waals surface area contributed by atoms with Crippen LogP contribution >= 0.6 is 0 Å². The average Bonchev–Trinajstić information content (AvgIpc) is 2.36. The molecule has 0 fully saturated rings. The molecule has 1 aromatic heterocycles. The molecule has 19 heavy (non-hydrogen) atoms. The Labute approximate surface area is 110 Å². The lowest BCUT2D eigenvalue weighted by Gasteiger charge is -2.07. The van der Waals surface area contributed by atoms with E-state index >= 15 is 0 Å². The van der Waals surface area contributed by atoms with E-state index in [2.05, 4.69) is 15.6 Å². The van der Waals surface area contributed by atoms with Gasteiger partial charge in [-0.15, -0.1) is 0 Å². The number of hydrogen-bond acceptors (Lipinski definition) is 2. The van der Waals surface area contributed by atoms with E-state index in [1.54, 1.807) is 6.07 Å². The van der Waals surface area contributed by atoms with Gasteiger partial charge in [0.25, 0.3) is 0 Å². The van der Waals surface area contributed by atoms with Crippen molar-refractivity contribution < 1.29 is 9.18 Å². The van der Waals surface area contributed by atoms with Gasteiger partial charge in [0.15, 0.2) is 0 Å². The number of pyridine rings is 1. The first kappa shape index (κ1) is 13.0. The van der Waals surface area contributed by atoms with E-state index in [1.165, 1.54) is 18.2 Å². The second-order valence-electron chi connectivity index (χ2n) is 4.09. The molecular weight excluding hydrogens is 245 g/mol. The Kier molecular flexibility index (Phi) is 4.07. The lowest BCUT2D eigenvalue weighted by molar-refractivity contribution is 0.251. The third-order valence-corrected chi connectivity index (χ3v) is 2.46. The maximum Gasteiger partial charge on any atom is 0.319 e. The normalized spacial score (nSPS) is 10.0. The third-order valence-electron chi connectivity index (χ3n) is 2.46. The van der Waals surface area contributed by atoms with Crippen molar-refractivity contribution in [3.8, 4) is 0 Å². The number of rotatable bonds is 3. The van der Waals surface area contributed by atoms with Gasteiger partial charge in [0.1, 0.15) is 5.82 Å². The van der Waals surface area contributed by atoms with Gasteiger partial charge in [-0.05, 0) is 37.3 Å². The highest BCUT2D eigenvalue weighted by Gasteiger charge is 2.03. The Morgan fingerprint density at radius 3 is 2.79 bits per heavy atom. The molecule has 1 heterocycles. The molecule has 98 valence electrons. The fourth-order valence-electron chi connectivity index (χ4n) is 1.61. The van der Waals surface area contributed by atoms with Crippen LogP contribution in [-0.2, 0) is 6.54 Å². The summed E-state index contributed by atoms with van der Waals surface area (Å²) in [7, 11) is 0. The number of carbonyl (C=O) groups is 1. The SMILES string of the molecule is Cc1cccc(CNC(=O)Nc2cccc(F)c2)n1. The molecule has 0 aliphatic rings. The summed E-state index contributed by atoms with van der Waals surface area (Å²) in [5, 5.41) is 5.21. The Morgan fingerprint density at radius 1 is 1.26 bits per heavy atom. The smallest absolute Gasteiger partial charge is 0.319 e. The number of urea groups is 1. The van der Waals surface area contributed by atoms with Crippen LogP contribution in [0.15, 0.2) is 42.5 Å². The topological polar surface area (TPSA) is 54.0 Å². The number of hydrogen-bond donors (Lipinski definition) is 2. The first-order valence-corrected chi connectivity index (χ1v) is 5.86. The minimum absolute atomic E-state index is 0.322. The zero-order valence-electron chi connectivity index (χ0n) is 10.5. The summed E-state index contributed by atoms with van der Waals surface area (Å²) in [6, 6.07) is 10.9. The fraction of sp³-hybridized carbons (Fsp3) is 0.143. The molecule has 0 saturated heterocycles. The number of anilines is 1. The number of amides is 2. The zero-order valence-corrected chi connectivity index (χ0v) is 10.5. The fourth-order valence-corrected chi connectivity index (χ4v) is 1.61. The van der Waals surface area contributed by atoms with Gasteiger partial charge in [0.2, 0.25) is 0 Å². The summed E-state index contributed by atoms with van der Waals surface area (Å²) in [4.78, 5) is 15.9. The first-order chi connectivity index (χ1) is 9.13. The molecule has 0 atom stereocenters. The number of carbonyl (C=O) groups excluding carboxylic acids is 1. The average molecular weight is 259 g/mol. The highest BCUT2D eigenvalue weighted by atomic mass is 19.1. The zero-order chi connectivity index (χ0) is 13.7. The molecule has 0 spiro atoms. The number of nitrogens with one attached hydrogen (secondary N) is 2. The van der Waals surface area contributed by atoms with Gasteiger partial charge in [0.05, 0.1) is 12.2 Å². The number of halogens is 1. The van der Waals surface area contributed by atoms with Gasteiger partial charge in [-0.25, -0.2) is 9.18 Å². The molecule has 2 amide bonds. The molecule has 0 aliphatic heterocycles. The van der Waals surface area contributed by atoms with Crippen LogP contribution in [0.5, 0.6) is 0 Å². The van der Waals surface area contributed by atoms with Crippen molar-refractivity contribution >= 4 is 11.7 Å². The van der Waals surface area contributed by atoms with Crippen LogP contribution < -0.4 is 10.6 Å². The molecule has 4 nitrogen and oxygen atoms in total. The molecule has 2 aromatic rings. The molecular formula is C14H14FN3O. The van der Waals surface area contributed by atoms with Gasteiger partial charge in [0, 0.05) is 11.4 Å². The molecule has 0 saturated carbocycles. The molecule has 0 unspecified atom stereocenters. The minimum Gasteiger partial charge on any atom is -0.332 e. The first-order valence-electron chi connectivity index (χ1n) is 5.86. The van der Waals surface area contributed by atoms with E-state index in [1.807, 2.05) is 25.1 Å². The van der Waals surface area contributed by atoms with Crippen molar-refractivity contribution in [2.75, 3.05) is 5.32 Å². The summed E-state index contributed by atoms with van der Waals surface area (Å²) >= 11 is 0. The molecule has 0 aliphatic carbocycles. The van der Waals surface area contributed by atoms with Crippen LogP contribution in [0.3, 0.4) is 0 Å². The maximum absolute atomic E-state index is 12.9. The van der Waals surface area contributed by atoms with Gasteiger partial charge in [-0.1, -0.05) is 12.1 Å². The molecule has 2 N–H and O–H groups in total. The lowest BCUT2D eigenvalue weighted by atomic mass is 10.3. The molecule has 0 bridgehead atoms. The van der Waals surface area contributed by atoms with E-state index < -0.39 is 11.8 Å². The van der Waals surface area contributed by atoms with Crippen LogP contribution in [0.4, 0.5) is 14.9 Å². The van der Waals surface area contributed by atoms with Crippen LogP contribution in [0.2, 0.25) is 0 Å². The van der Waals surface area contributed by atoms with Gasteiger partial charge in [-0.3, -0.25) is 4.98 Å². The van der Waals surface area contributed by atoms with Crippen molar-refractivity contribution in [2.45, 2.75) is 13.5 Å². The maximum atomic E-state index is 12.9. The van der Waals surface area contributed by atoms with Gasteiger partial charge < -0.3 is 10.6 Å². The summed E-state index contributed by atoms with van der Waals surface area (Å²) in [6.45, 7) is 2.21. The Hall–Kier alpha value is -2.43. The largest absolute Gasteiger partial charge is 0.332 e. The Bertz CT molecular complexity index is 586. The second kappa shape index (κ2) is 5.95. The van der Waals surface area contributed by atoms with Crippen molar-refractivity contribution in [3.05, 3.63) is 59.7 Å². The van der Waals surface area contributed by atoms with E-state index in [9.17, 15) is 9.18 Å².